The van der Waals surface area contributed by atoms with Gasteiger partial charge in [0.05, 0.1) is 18.0 Å². The van der Waals surface area contributed by atoms with E-state index in [0.717, 1.165) is 0 Å². The molecule has 1 fully saturated rings. The second-order valence-electron chi connectivity index (χ2n) is 5.49. The van der Waals surface area contributed by atoms with Crippen LogP contribution >= 0.6 is 0 Å². The van der Waals surface area contributed by atoms with E-state index in [9.17, 15) is 19.6 Å². The van der Waals surface area contributed by atoms with Crippen molar-refractivity contribution in [2.75, 3.05) is 18.0 Å². The minimum atomic E-state index is -1.05. The third-order valence-electron chi connectivity index (χ3n) is 3.83. The van der Waals surface area contributed by atoms with Gasteiger partial charge in [-0.25, -0.2) is 9.37 Å². The van der Waals surface area contributed by atoms with E-state index >= 15 is 0 Å². The summed E-state index contributed by atoms with van der Waals surface area (Å²) in [5, 5.41) is 21.3. The number of anilines is 1. The average Bonchev–Trinajstić information content (AvgIpc) is 2.45. The Morgan fingerprint density at radius 2 is 2.00 bits per heavy atom. The first-order valence-electron chi connectivity index (χ1n) is 6.73. The first-order valence-corrected chi connectivity index (χ1v) is 6.73. The predicted molar refractivity (Wildman–Crippen MR) is 78.1 cm³/mol. The summed E-state index contributed by atoms with van der Waals surface area (Å²) in [4.78, 5) is 16.2. The molecule has 3 rings (SSSR count). The van der Waals surface area contributed by atoms with Gasteiger partial charge in [-0.2, -0.15) is 0 Å². The fourth-order valence-electron chi connectivity index (χ4n) is 2.66. The molecule has 0 saturated carbocycles. The zero-order chi connectivity index (χ0) is 15.9. The summed E-state index contributed by atoms with van der Waals surface area (Å²) < 4.78 is 12.9. The van der Waals surface area contributed by atoms with E-state index in [1.54, 1.807) is 19.1 Å². The molecule has 0 atom stereocenters. The second kappa shape index (κ2) is 5.03. The van der Waals surface area contributed by atoms with Gasteiger partial charge in [-0.3, -0.25) is 10.1 Å². The summed E-state index contributed by atoms with van der Waals surface area (Å²) in [5.41, 5.74) is 0.208. The molecule has 0 amide bonds. The standard InChI is InChI=1S/C15H14FN3O3/c1-10-6-13(19(21)22)7-17-14(10)18-8-15(20,9-18)11-2-4-12(16)5-3-11/h2-7,20H,8-9H2,1H3. The van der Waals surface area contributed by atoms with Crippen molar-refractivity contribution >= 4 is 11.5 Å². The first kappa shape index (κ1) is 14.4. The largest absolute Gasteiger partial charge is 0.381 e. The summed E-state index contributed by atoms with van der Waals surface area (Å²) in [6, 6.07) is 7.19. The Hall–Kier alpha value is -2.54. The molecule has 6 nitrogen and oxygen atoms in total. The number of hydrogen-bond acceptors (Lipinski definition) is 5. The molecule has 0 unspecified atom stereocenters. The van der Waals surface area contributed by atoms with Gasteiger partial charge in [0.25, 0.3) is 5.69 Å². The van der Waals surface area contributed by atoms with Crippen LogP contribution in [0, 0.1) is 22.9 Å². The molecule has 1 aromatic carbocycles. The van der Waals surface area contributed by atoms with Crippen molar-refractivity contribution in [1.29, 1.82) is 0 Å². The van der Waals surface area contributed by atoms with Crippen molar-refractivity contribution in [2.24, 2.45) is 0 Å². The third-order valence-corrected chi connectivity index (χ3v) is 3.83. The second-order valence-corrected chi connectivity index (χ2v) is 5.49. The van der Waals surface area contributed by atoms with Gasteiger partial charge < -0.3 is 10.0 Å². The van der Waals surface area contributed by atoms with Gasteiger partial charge in [0.15, 0.2) is 0 Å². The number of pyridine rings is 1. The molecule has 22 heavy (non-hydrogen) atoms. The molecule has 0 radical (unpaired) electrons. The number of aliphatic hydroxyl groups is 1. The van der Waals surface area contributed by atoms with Crippen molar-refractivity contribution in [3.63, 3.8) is 0 Å². The SMILES string of the molecule is Cc1cc([N+](=O)[O-])cnc1N1CC(O)(c2ccc(F)cc2)C1. The summed E-state index contributed by atoms with van der Waals surface area (Å²) in [7, 11) is 0. The maximum Gasteiger partial charge on any atom is 0.287 e. The van der Waals surface area contributed by atoms with Gasteiger partial charge in [-0.15, -0.1) is 0 Å². The highest BCUT2D eigenvalue weighted by Gasteiger charge is 2.43. The quantitative estimate of drug-likeness (QED) is 0.694. The van der Waals surface area contributed by atoms with Crippen LogP contribution in [0.25, 0.3) is 0 Å². The molecule has 1 aliphatic heterocycles. The van der Waals surface area contributed by atoms with Crippen LogP contribution in [-0.4, -0.2) is 28.1 Å². The molecule has 0 spiro atoms. The number of hydrogen-bond donors (Lipinski definition) is 1. The molecule has 1 N–H and O–H groups in total. The monoisotopic (exact) mass is 303 g/mol. The minimum absolute atomic E-state index is 0.0597. The molecular formula is C15H14FN3O3. The fourth-order valence-corrected chi connectivity index (χ4v) is 2.66. The number of β-amino-alcohol motifs (C(OH)–C–C–N with tert-alkyl or cyclic N) is 1. The Morgan fingerprint density at radius 1 is 1.36 bits per heavy atom. The lowest BCUT2D eigenvalue weighted by Gasteiger charge is -2.47. The van der Waals surface area contributed by atoms with E-state index in [4.69, 9.17) is 0 Å². The van der Waals surface area contributed by atoms with Gasteiger partial charge in [0.2, 0.25) is 0 Å². The van der Waals surface area contributed by atoms with Crippen LogP contribution in [0.1, 0.15) is 11.1 Å². The van der Waals surface area contributed by atoms with Gasteiger partial charge in [-0.1, -0.05) is 12.1 Å². The number of nitro groups is 1. The van der Waals surface area contributed by atoms with Crippen LogP contribution < -0.4 is 4.90 Å². The topological polar surface area (TPSA) is 79.5 Å². The fraction of sp³-hybridized carbons (Fsp3) is 0.267. The minimum Gasteiger partial charge on any atom is -0.381 e. The average molecular weight is 303 g/mol. The van der Waals surface area contributed by atoms with Crippen LogP contribution in [-0.2, 0) is 5.60 Å². The van der Waals surface area contributed by atoms with Crippen molar-refractivity contribution in [3.05, 3.63) is 63.6 Å². The highest BCUT2D eigenvalue weighted by Crippen LogP contribution is 2.36. The smallest absolute Gasteiger partial charge is 0.287 e. The van der Waals surface area contributed by atoms with Gasteiger partial charge in [0.1, 0.15) is 23.4 Å². The molecular weight excluding hydrogens is 289 g/mol. The van der Waals surface area contributed by atoms with E-state index < -0.39 is 10.5 Å². The van der Waals surface area contributed by atoms with Crippen LogP contribution in [0.3, 0.4) is 0 Å². The molecule has 0 bridgehead atoms. The zero-order valence-corrected chi connectivity index (χ0v) is 11.9. The molecule has 1 saturated heterocycles. The zero-order valence-electron chi connectivity index (χ0n) is 11.9. The Bertz CT molecular complexity index is 727. The van der Waals surface area contributed by atoms with Crippen molar-refractivity contribution in [2.45, 2.75) is 12.5 Å². The van der Waals surface area contributed by atoms with Gasteiger partial charge in [-0.05, 0) is 30.2 Å². The maximum atomic E-state index is 12.9. The van der Waals surface area contributed by atoms with Gasteiger partial charge >= 0.3 is 0 Å². The van der Waals surface area contributed by atoms with E-state index in [-0.39, 0.29) is 11.5 Å². The third kappa shape index (κ3) is 2.39. The summed E-state index contributed by atoms with van der Waals surface area (Å²) >= 11 is 0. The van der Waals surface area contributed by atoms with E-state index in [0.29, 0.717) is 30.0 Å². The molecule has 2 heterocycles. The number of aryl methyl sites for hydroxylation is 1. The number of rotatable bonds is 3. The highest BCUT2D eigenvalue weighted by atomic mass is 19.1. The van der Waals surface area contributed by atoms with Crippen LogP contribution in [0.15, 0.2) is 36.5 Å². The van der Waals surface area contributed by atoms with E-state index in [1.807, 2.05) is 4.90 Å². The first-order chi connectivity index (χ1) is 10.4. The molecule has 1 aliphatic rings. The molecule has 0 aliphatic carbocycles. The lowest BCUT2D eigenvalue weighted by atomic mass is 9.86. The molecule has 2 aromatic rings. The molecule has 7 heteroatoms. The Balaban J connectivity index is 1.78. The summed E-state index contributed by atoms with van der Waals surface area (Å²) in [5.74, 6) is 0.258. The van der Waals surface area contributed by atoms with E-state index in [2.05, 4.69) is 4.98 Å². The predicted octanol–water partition coefficient (Wildman–Crippen LogP) is 2.15. The Labute approximate surface area is 126 Å². The summed E-state index contributed by atoms with van der Waals surface area (Å²) in [6.07, 6.45) is 1.21. The highest BCUT2D eigenvalue weighted by molar-refractivity contribution is 5.54. The number of benzene rings is 1. The lowest BCUT2D eigenvalue weighted by Crippen LogP contribution is -2.60. The Kier molecular flexibility index (Phi) is 3.29. The van der Waals surface area contributed by atoms with Crippen LogP contribution in [0.5, 0.6) is 0 Å². The molecule has 114 valence electrons. The van der Waals surface area contributed by atoms with Crippen molar-refractivity contribution in [1.82, 2.24) is 4.98 Å². The van der Waals surface area contributed by atoms with Crippen molar-refractivity contribution in [3.8, 4) is 0 Å². The normalized spacial score (nSPS) is 16.2. The van der Waals surface area contributed by atoms with Crippen LogP contribution in [0.4, 0.5) is 15.9 Å². The number of aromatic nitrogens is 1. The Morgan fingerprint density at radius 3 is 2.55 bits per heavy atom. The summed E-state index contributed by atoms with van der Waals surface area (Å²) in [6.45, 7) is 2.36. The lowest BCUT2D eigenvalue weighted by molar-refractivity contribution is -0.385. The molecule has 1 aromatic heterocycles. The maximum absolute atomic E-state index is 12.9. The number of halogens is 1. The number of nitrogens with zero attached hydrogens (tertiary/aromatic N) is 3. The van der Waals surface area contributed by atoms with Crippen LogP contribution in [0.2, 0.25) is 0 Å². The van der Waals surface area contributed by atoms with Crippen molar-refractivity contribution < 1.29 is 14.4 Å². The van der Waals surface area contributed by atoms with E-state index in [1.165, 1.54) is 24.4 Å². The van der Waals surface area contributed by atoms with Gasteiger partial charge in [0, 0.05) is 6.07 Å².